The molecule has 1 aliphatic rings. The third-order valence-electron chi connectivity index (χ3n) is 5.89. The molecule has 0 atom stereocenters. The minimum Gasteiger partial charge on any atom is -0.494 e. The van der Waals surface area contributed by atoms with Crippen molar-refractivity contribution in [2.24, 2.45) is 0 Å². The first-order valence-corrected chi connectivity index (χ1v) is 11.3. The Bertz CT molecular complexity index is 1400. The summed E-state index contributed by atoms with van der Waals surface area (Å²) in [7, 11) is 0. The Labute approximate surface area is 205 Å². The molecule has 1 aliphatic heterocycles. The van der Waals surface area contributed by atoms with Gasteiger partial charge in [0.15, 0.2) is 5.76 Å². The Hall–Kier alpha value is -4.24. The van der Waals surface area contributed by atoms with Gasteiger partial charge < -0.3 is 24.8 Å². The Kier molecular flexibility index (Phi) is 5.92. The summed E-state index contributed by atoms with van der Waals surface area (Å²) in [6.07, 6.45) is 4.03. The van der Waals surface area contributed by atoms with Crippen molar-refractivity contribution in [1.29, 1.82) is 0 Å². The molecule has 0 saturated heterocycles. The quantitative estimate of drug-likeness (QED) is 0.389. The third kappa shape index (κ3) is 4.22. The molecule has 5 rings (SSSR count). The highest BCUT2D eigenvalue weighted by Gasteiger charge is 2.30. The van der Waals surface area contributed by atoms with Crippen LogP contribution in [0.4, 0.5) is 5.69 Å². The van der Waals surface area contributed by atoms with Gasteiger partial charge in [0.1, 0.15) is 5.69 Å². The lowest BCUT2D eigenvalue weighted by Crippen LogP contribution is -2.30. The second kappa shape index (κ2) is 9.19. The van der Waals surface area contributed by atoms with E-state index in [9.17, 15) is 19.8 Å². The number of benzene rings is 1. The van der Waals surface area contributed by atoms with Crippen LogP contribution in [0, 0.1) is 0 Å². The second-order valence-corrected chi connectivity index (χ2v) is 8.49. The van der Waals surface area contributed by atoms with Crippen LogP contribution < -0.4 is 5.32 Å². The molecule has 4 aromatic rings. The zero-order valence-corrected chi connectivity index (χ0v) is 19.2. The van der Waals surface area contributed by atoms with E-state index in [1.165, 1.54) is 23.1 Å². The van der Waals surface area contributed by atoms with Gasteiger partial charge in [0.25, 0.3) is 11.8 Å². The maximum atomic E-state index is 12.8. The molecule has 3 N–H and O–H groups in total. The molecule has 4 heterocycles. The molecule has 0 fully saturated rings. The third-order valence-corrected chi connectivity index (χ3v) is 6.20. The molecular weight excluding hydrogens is 472 g/mol. The molecule has 9 nitrogen and oxygen atoms in total. The minimum atomic E-state index is -0.394. The Morgan fingerprint density at radius 3 is 2.60 bits per heavy atom. The molecule has 0 unspecified atom stereocenters. The smallest absolute Gasteiger partial charge is 0.289 e. The lowest BCUT2D eigenvalue weighted by molar-refractivity contribution is 0.0712. The molecule has 0 saturated carbocycles. The number of carbonyl (C=O) groups is 2. The largest absolute Gasteiger partial charge is 0.494 e. The van der Waals surface area contributed by atoms with Crippen LogP contribution in [0.25, 0.3) is 5.69 Å². The molecule has 0 aliphatic carbocycles. The maximum absolute atomic E-state index is 12.8. The number of hydrogen-bond donors (Lipinski definition) is 3. The van der Waals surface area contributed by atoms with Gasteiger partial charge in [0.2, 0.25) is 11.8 Å². The molecule has 10 heteroatoms. The monoisotopic (exact) mass is 492 g/mol. The highest BCUT2D eigenvalue weighted by Crippen LogP contribution is 2.41. The topological polar surface area (TPSA) is 121 Å². The van der Waals surface area contributed by atoms with Gasteiger partial charge in [-0.1, -0.05) is 17.7 Å². The molecule has 0 bridgehead atoms. The first-order chi connectivity index (χ1) is 16.9. The molecule has 1 aromatic carbocycles. The van der Waals surface area contributed by atoms with Gasteiger partial charge in [-0.3, -0.25) is 14.6 Å². The van der Waals surface area contributed by atoms with Crippen molar-refractivity contribution in [2.45, 2.75) is 19.4 Å². The summed E-state index contributed by atoms with van der Waals surface area (Å²) < 4.78 is 6.48. The normalized spacial score (nSPS) is 13.2. The van der Waals surface area contributed by atoms with E-state index in [1.807, 2.05) is 0 Å². The molecule has 178 valence electrons. The van der Waals surface area contributed by atoms with Crippen molar-refractivity contribution in [1.82, 2.24) is 14.5 Å². The first-order valence-electron chi connectivity index (χ1n) is 10.9. The number of aromatic hydroxyl groups is 2. The molecule has 0 spiro atoms. The van der Waals surface area contributed by atoms with Crippen LogP contribution in [-0.4, -0.2) is 43.0 Å². The van der Waals surface area contributed by atoms with Gasteiger partial charge in [-0.15, -0.1) is 0 Å². The van der Waals surface area contributed by atoms with Crippen LogP contribution >= 0.6 is 11.6 Å². The highest BCUT2D eigenvalue weighted by atomic mass is 35.5. The van der Waals surface area contributed by atoms with E-state index in [0.717, 1.165) is 0 Å². The Balaban J connectivity index is 1.44. The van der Waals surface area contributed by atoms with E-state index >= 15 is 0 Å². The number of carbonyl (C=O) groups excluding carboxylic acids is 2. The van der Waals surface area contributed by atoms with Crippen LogP contribution in [-0.2, 0) is 13.0 Å². The maximum Gasteiger partial charge on any atom is 0.289 e. The van der Waals surface area contributed by atoms with Crippen LogP contribution in [0.1, 0.15) is 38.6 Å². The Morgan fingerprint density at radius 1 is 1.06 bits per heavy atom. The van der Waals surface area contributed by atoms with Crippen molar-refractivity contribution in [3.63, 3.8) is 0 Å². The zero-order chi connectivity index (χ0) is 24.5. The van der Waals surface area contributed by atoms with Crippen LogP contribution in [0.5, 0.6) is 11.8 Å². The fourth-order valence-electron chi connectivity index (χ4n) is 4.20. The number of anilines is 1. The number of aromatic nitrogens is 2. The van der Waals surface area contributed by atoms with E-state index in [-0.39, 0.29) is 40.7 Å². The summed E-state index contributed by atoms with van der Waals surface area (Å²) in [5, 5.41) is 25.0. The van der Waals surface area contributed by atoms with Crippen molar-refractivity contribution in [3.8, 4) is 17.4 Å². The SMILES string of the molecule is O=C(Nc1ccc(-n2c(O)c3c(c2O)CN(C(=O)c2ccco2)CCC3)c(Cl)c1)c1ccccn1. The summed E-state index contributed by atoms with van der Waals surface area (Å²) in [4.78, 5) is 30.8. The zero-order valence-electron chi connectivity index (χ0n) is 18.4. The van der Waals surface area contributed by atoms with E-state index in [0.29, 0.717) is 41.9 Å². The number of pyridine rings is 1. The van der Waals surface area contributed by atoms with Crippen molar-refractivity contribution in [2.75, 3.05) is 11.9 Å². The van der Waals surface area contributed by atoms with Gasteiger partial charge >= 0.3 is 0 Å². The molecular formula is C25H21ClN4O5. The summed E-state index contributed by atoms with van der Waals surface area (Å²) in [6, 6.07) is 13.0. The number of nitrogens with zero attached hydrogens (tertiary/aromatic N) is 3. The molecule has 0 radical (unpaired) electrons. The minimum absolute atomic E-state index is 0.108. The van der Waals surface area contributed by atoms with Gasteiger partial charge in [0, 0.05) is 29.6 Å². The number of furan rings is 1. The summed E-state index contributed by atoms with van der Waals surface area (Å²) in [5.41, 5.74) is 2.02. The van der Waals surface area contributed by atoms with Crippen molar-refractivity contribution in [3.05, 3.63) is 88.6 Å². The average molecular weight is 493 g/mol. The van der Waals surface area contributed by atoms with Gasteiger partial charge in [-0.2, -0.15) is 0 Å². The lowest BCUT2D eigenvalue weighted by atomic mass is 10.1. The predicted octanol–water partition coefficient (Wildman–Crippen LogP) is 4.37. The van der Waals surface area contributed by atoms with E-state index in [2.05, 4.69) is 10.3 Å². The standard InChI is InChI=1S/C25H21ClN4O5/c26-18-13-15(28-22(31)19-6-1-2-10-27-19)8-9-20(18)30-23(32)16-5-3-11-29(14-17(16)24(30)33)25(34)21-7-4-12-35-21/h1-2,4,6-10,12-13,32-33H,3,5,11,14H2,(H,28,31). The van der Waals surface area contributed by atoms with Gasteiger partial charge in [-0.25, -0.2) is 4.57 Å². The fraction of sp³-hybridized carbons (Fsp3) is 0.160. The number of rotatable bonds is 4. The lowest BCUT2D eigenvalue weighted by Gasteiger charge is -2.19. The fourth-order valence-corrected chi connectivity index (χ4v) is 4.47. The van der Waals surface area contributed by atoms with Crippen molar-refractivity contribution >= 4 is 29.1 Å². The molecule has 3 aromatic heterocycles. The van der Waals surface area contributed by atoms with E-state index < -0.39 is 5.91 Å². The molecule has 35 heavy (non-hydrogen) atoms. The highest BCUT2D eigenvalue weighted by molar-refractivity contribution is 6.32. The van der Waals surface area contributed by atoms with Gasteiger partial charge in [-0.05, 0) is 55.3 Å². The van der Waals surface area contributed by atoms with Gasteiger partial charge in [0.05, 0.1) is 23.5 Å². The molecule has 2 amide bonds. The van der Waals surface area contributed by atoms with E-state index in [4.69, 9.17) is 16.0 Å². The average Bonchev–Trinajstić information content (AvgIpc) is 3.40. The summed E-state index contributed by atoms with van der Waals surface area (Å²) >= 11 is 6.49. The van der Waals surface area contributed by atoms with Crippen LogP contribution in [0.2, 0.25) is 5.02 Å². The van der Waals surface area contributed by atoms with Crippen molar-refractivity contribution < 1.29 is 24.2 Å². The number of nitrogens with one attached hydrogen (secondary N) is 1. The first kappa shape index (κ1) is 22.5. The number of fused-ring (bicyclic) bond motifs is 1. The summed E-state index contributed by atoms with van der Waals surface area (Å²) in [6.45, 7) is 0.565. The predicted molar refractivity (Wildman–Crippen MR) is 128 cm³/mol. The Morgan fingerprint density at radius 2 is 1.89 bits per heavy atom. The number of amides is 2. The summed E-state index contributed by atoms with van der Waals surface area (Å²) in [5.74, 6) is -0.821. The van der Waals surface area contributed by atoms with E-state index in [1.54, 1.807) is 47.4 Å². The van der Waals surface area contributed by atoms with Crippen LogP contribution in [0.3, 0.4) is 0 Å². The number of hydrogen-bond acceptors (Lipinski definition) is 6. The number of halogens is 1. The van der Waals surface area contributed by atoms with Crippen LogP contribution in [0.15, 0.2) is 65.4 Å². The second-order valence-electron chi connectivity index (χ2n) is 8.08.